The van der Waals surface area contributed by atoms with E-state index in [2.05, 4.69) is 26.1 Å². The van der Waals surface area contributed by atoms with Crippen LogP contribution in [0.1, 0.15) is 47.0 Å². The minimum atomic E-state index is -0.731. The Morgan fingerprint density at radius 2 is 1.93 bits per heavy atom. The van der Waals surface area contributed by atoms with E-state index >= 15 is 0 Å². The van der Waals surface area contributed by atoms with E-state index < -0.39 is 5.97 Å². The fourth-order valence-corrected chi connectivity index (χ4v) is 1.20. The molecular weight excluding hydrogens is 178 g/mol. The summed E-state index contributed by atoms with van der Waals surface area (Å²) in [6, 6.07) is -0.125. The van der Waals surface area contributed by atoms with Gasteiger partial charge in [0.05, 0.1) is 0 Å². The largest absolute Gasteiger partial charge is 0.480 e. The Morgan fingerprint density at radius 3 is 2.29 bits per heavy atom. The Hall–Kier alpha value is -0.570. The molecule has 84 valence electrons. The molecule has 0 fully saturated rings. The second-order valence-corrected chi connectivity index (χ2v) is 4.23. The number of aliphatic carboxylic acids is 1. The zero-order chi connectivity index (χ0) is 11.1. The highest BCUT2D eigenvalue weighted by molar-refractivity contribution is 5.73. The Balaban J connectivity index is 4.02. The molecule has 2 atom stereocenters. The number of hydrogen-bond acceptors (Lipinski definition) is 2. The lowest BCUT2D eigenvalue weighted by Gasteiger charge is -2.22. The van der Waals surface area contributed by atoms with Gasteiger partial charge in [0.1, 0.15) is 6.04 Å². The first-order valence-electron chi connectivity index (χ1n) is 5.47. The summed E-state index contributed by atoms with van der Waals surface area (Å²) in [5.41, 5.74) is 0. The molecule has 2 unspecified atom stereocenters. The molecule has 2 N–H and O–H groups in total. The summed E-state index contributed by atoms with van der Waals surface area (Å²) in [5.74, 6) is -0.260. The van der Waals surface area contributed by atoms with E-state index in [1.807, 2.05) is 6.92 Å². The maximum atomic E-state index is 10.9. The standard InChI is InChI=1S/C11H23NO2/c1-5-6-7-10(11(13)14)12-9(4)8(2)3/h8-10,12H,5-7H2,1-4H3,(H,13,14). The number of carboxylic acids is 1. The van der Waals surface area contributed by atoms with Gasteiger partial charge >= 0.3 is 5.97 Å². The molecule has 0 saturated carbocycles. The summed E-state index contributed by atoms with van der Waals surface area (Å²) in [6.45, 7) is 8.30. The van der Waals surface area contributed by atoms with E-state index in [1.54, 1.807) is 0 Å². The molecule has 0 heterocycles. The minimum absolute atomic E-state index is 0.257. The second-order valence-electron chi connectivity index (χ2n) is 4.23. The van der Waals surface area contributed by atoms with Gasteiger partial charge in [-0.05, 0) is 19.3 Å². The third-order valence-corrected chi connectivity index (χ3v) is 2.61. The molecule has 0 aliphatic carbocycles. The van der Waals surface area contributed by atoms with Gasteiger partial charge in [0.15, 0.2) is 0 Å². The van der Waals surface area contributed by atoms with Crippen molar-refractivity contribution >= 4 is 5.97 Å². The van der Waals surface area contributed by atoms with Crippen molar-refractivity contribution < 1.29 is 9.90 Å². The summed E-state index contributed by atoms with van der Waals surface area (Å²) < 4.78 is 0. The van der Waals surface area contributed by atoms with Crippen molar-refractivity contribution in [3.8, 4) is 0 Å². The quantitative estimate of drug-likeness (QED) is 0.664. The van der Waals surface area contributed by atoms with Crippen molar-refractivity contribution in [2.75, 3.05) is 0 Å². The monoisotopic (exact) mass is 201 g/mol. The van der Waals surface area contributed by atoms with Gasteiger partial charge in [0, 0.05) is 6.04 Å². The molecule has 3 nitrogen and oxygen atoms in total. The van der Waals surface area contributed by atoms with Crippen LogP contribution in [0.4, 0.5) is 0 Å². The molecule has 14 heavy (non-hydrogen) atoms. The van der Waals surface area contributed by atoms with Crippen LogP contribution >= 0.6 is 0 Å². The Kier molecular flexibility index (Phi) is 6.54. The minimum Gasteiger partial charge on any atom is -0.480 e. The summed E-state index contributed by atoms with van der Waals surface area (Å²) in [5, 5.41) is 12.1. The molecule has 0 aromatic heterocycles. The number of carboxylic acid groups (broad SMARTS) is 1. The first-order chi connectivity index (χ1) is 6.49. The topological polar surface area (TPSA) is 49.3 Å². The fourth-order valence-electron chi connectivity index (χ4n) is 1.20. The smallest absolute Gasteiger partial charge is 0.320 e. The Labute approximate surface area is 86.9 Å². The molecule has 0 aromatic rings. The number of carbonyl (C=O) groups is 1. The van der Waals surface area contributed by atoms with Gasteiger partial charge in [0.2, 0.25) is 0 Å². The molecule has 3 heteroatoms. The maximum Gasteiger partial charge on any atom is 0.320 e. The van der Waals surface area contributed by atoms with Gasteiger partial charge in [-0.15, -0.1) is 0 Å². The van der Waals surface area contributed by atoms with Gasteiger partial charge in [0.25, 0.3) is 0 Å². The molecular formula is C11H23NO2. The van der Waals surface area contributed by atoms with Gasteiger partial charge in [-0.2, -0.15) is 0 Å². The normalized spacial score (nSPS) is 15.5. The van der Waals surface area contributed by atoms with Gasteiger partial charge in [-0.1, -0.05) is 33.6 Å². The number of unbranched alkanes of at least 4 members (excludes halogenated alkanes) is 1. The summed E-state index contributed by atoms with van der Waals surface area (Å²) in [7, 11) is 0. The fraction of sp³-hybridized carbons (Fsp3) is 0.909. The van der Waals surface area contributed by atoms with Crippen molar-refractivity contribution in [2.24, 2.45) is 5.92 Å². The molecule has 0 aliphatic rings. The van der Waals surface area contributed by atoms with Crippen LogP contribution in [0.3, 0.4) is 0 Å². The van der Waals surface area contributed by atoms with E-state index in [4.69, 9.17) is 5.11 Å². The van der Waals surface area contributed by atoms with Gasteiger partial charge in [-0.3, -0.25) is 4.79 Å². The average molecular weight is 201 g/mol. The maximum absolute atomic E-state index is 10.9. The first-order valence-corrected chi connectivity index (χ1v) is 5.47. The predicted octanol–water partition coefficient (Wildman–Crippen LogP) is 2.26. The number of nitrogens with one attached hydrogen (secondary N) is 1. The number of hydrogen-bond donors (Lipinski definition) is 2. The van der Waals surface area contributed by atoms with Crippen LogP contribution in [-0.2, 0) is 4.79 Å². The van der Waals surface area contributed by atoms with Crippen molar-refractivity contribution in [1.29, 1.82) is 0 Å². The lowest BCUT2D eigenvalue weighted by molar-refractivity contribution is -0.140. The molecule has 0 spiro atoms. The summed E-state index contributed by atoms with van der Waals surface area (Å²) in [4.78, 5) is 10.9. The zero-order valence-corrected chi connectivity index (χ0v) is 9.71. The third kappa shape index (κ3) is 5.22. The van der Waals surface area contributed by atoms with Crippen LogP contribution in [0.5, 0.6) is 0 Å². The highest BCUT2D eigenvalue weighted by Crippen LogP contribution is 2.06. The molecule has 0 saturated heterocycles. The first kappa shape index (κ1) is 13.4. The van der Waals surface area contributed by atoms with Crippen LogP contribution in [0.25, 0.3) is 0 Å². The highest BCUT2D eigenvalue weighted by Gasteiger charge is 2.19. The van der Waals surface area contributed by atoms with Crippen LogP contribution in [0, 0.1) is 5.92 Å². The average Bonchev–Trinajstić information content (AvgIpc) is 2.10. The zero-order valence-electron chi connectivity index (χ0n) is 9.71. The van der Waals surface area contributed by atoms with Crippen LogP contribution in [-0.4, -0.2) is 23.2 Å². The molecule has 0 aromatic carbocycles. The van der Waals surface area contributed by atoms with E-state index in [1.165, 1.54) is 0 Å². The Morgan fingerprint density at radius 1 is 1.36 bits per heavy atom. The van der Waals surface area contributed by atoms with E-state index in [0.29, 0.717) is 5.92 Å². The van der Waals surface area contributed by atoms with E-state index in [0.717, 1.165) is 19.3 Å². The van der Waals surface area contributed by atoms with Crippen molar-refractivity contribution in [3.63, 3.8) is 0 Å². The lowest BCUT2D eigenvalue weighted by Crippen LogP contribution is -2.44. The summed E-state index contributed by atoms with van der Waals surface area (Å²) in [6.07, 6.45) is 2.74. The molecule has 0 rings (SSSR count). The second kappa shape index (κ2) is 6.82. The van der Waals surface area contributed by atoms with Crippen molar-refractivity contribution in [1.82, 2.24) is 5.32 Å². The van der Waals surface area contributed by atoms with E-state index in [-0.39, 0.29) is 12.1 Å². The SMILES string of the molecule is CCCCC(NC(C)C(C)C)C(=O)O. The predicted molar refractivity (Wildman–Crippen MR) is 58.4 cm³/mol. The third-order valence-electron chi connectivity index (χ3n) is 2.61. The number of rotatable bonds is 7. The van der Waals surface area contributed by atoms with Gasteiger partial charge in [-0.25, -0.2) is 0 Å². The van der Waals surface area contributed by atoms with Crippen LogP contribution in [0.15, 0.2) is 0 Å². The molecule has 0 aliphatic heterocycles. The molecule has 0 radical (unpaired) electrons. The van der Waals surface area contributed by atoms with Crippen molar-refractivity contribution in [3.05, 3.63) is 0 Å². The van der Waals surface area contributed by atoms with Crippen LogP contribution < -0.4 is 5.32 Å². The van der Waals surface area contributed by atoms with Crippen LogP contribution in [0.2, 0.25) is 0 Å². The van der Waals surface area contributed by atoms with Gasteiger partial charge < -0.3 is 10.4 Å². The van der Waals surface area contributed by atoms with E-state index in [9.17, 15) is 4.79 Å². The molecule has 0 bridgehead atoms. The Bertz CT molecular complexity index is 169. The summed E-state index contributed by atoms with van der Waals surface area (Å²) >= 11 is 0. The van der Waals surface area contributed by atoms with Crippen molar-refractivity contribution in [2.45, 2.75) is 59.0 Å². The highest BCUT2D eigenvalue weighted by atomic mass is 16.4. The molecule has 0 amide bonds. The lowest BCUT2D eigenvalue weighted by atomic mass is 10.0.